The zero-order valence-corrected chi connectivity index (χ0v) is 30.0. The number of ether oxygens (including phenoxy) is 4. The maximum atomic E-state index is 11.4. The van der Waals surface area contributed by atoms with Crippen LogP contribution in [0.25, 0.3) is 11.1 Å². The Labute approximate surface area is 298 Å². The Morgan fingerprint density at radius 2 is 0.760 bits per heavy atom. The first-order chi connectivity index (χ1) is 24.3. The molecule has 3 rings (SSSR count). The van der Waals surface area contributed by atoms with Crippen molar-refractivity contribution in [3.63, 3.8) is 0 Å². The number of hydrogen-bond acceptors (Lipinski definition) is 8. The van der Waals surface area contributed by atoms with Crippen LogP contribution in [0.4, 0.5) is 11.4 Å². The maximum absolute atomic E-state index is 11.4. The number of esters is 2. The normalized spacial score (nSPS) is 10.9. The number of unbranched alkanes of at least 4 members (excludes halogenated alkanes) is 10. The van der Waals surface area contributed by atoms with Gasteiger partial charge < -0.3 is 18.9 Å². The van der Waals surface area contributed by atoms with Gasteiger partial charge in [0.05, 0.1) is 37.8 Å². The maximum Gasteiger partial charge on any atom is 0.333 e. The van der Waals surface area contributed by atoms with Gasteiger partial charge in [0, 0.05) is 11.1 Å². The van der Waals surface area contributed by atoms with E-state index >= 15 is 0 Å². The quantitative estimate of drug-likeness (QED) is 0.0382. The third-order valence-corrected chi connectivity index (χ3v) is 7.95. The molecule has 50 heavy (non-hydrogen) atoms. The van der Waals surface area contributed by atoms with E-state index in [1.54, 1.807) is 13.8 Å². The fourth-order valence-electron chi connectivity index (χ4n) is 4.97. The molecule has 8 heteroatoms. The highest BCUT2D eigenvalue weighted by molar-refractivity contribution is 5.87. The van der Waals surface area contributed by atoms with Gasteiger partial charge in [-0.15, -0.1) is 0 Å². The Balaban J connectivity index is 1.25. The predicted molar refractivity (Wildman–Crippen MR) is 200 cm³/mol. The molecule has 8 nitrogen and oxygen atoms in total. The summed E-state index contributed by atoms with van der Waals surface area (Å²) in [6, 6.07) is 23.9. The second-order valence-electron chi connectivity index (χ2n) is 12.5. The minimum Gasteiger partial charge on any atom is -0.494 e. The van der Waals surface area contributed by atoms with Gasteiger partial charge in [0.2, 0.25) is 0 Å². The summed E-state index contributed by atoms with van der Waals surface area (Å²) in [4.78, 5) is 22.7. The average molecular weight is 683 g/mol. The van der Waals surface area contributed by atoms with Crippen LogP contribution in [0.3, 0.4) is 0 Å². The van der Waals surface area contributed by atoms with Crippen molar-refractivity contribution in [2.75, 3.05) is 26.4 Å². The first kappa shape index (κ1) is 39.7. The molecule has 0 saturated heterocycles. The van der Waals surface area contributed by atoms with Crippen molar-refractivity contribution in [2.24, 2.45) is 10.2 Å². The molecule has 0 aliphatic heterocycles. The molecular weight excluding hydrogens is 628 g/mol. The molecule has 0 unspecified atom stereocenters. The molecule has 0 bridgehead atoms. The van der Waals surface area contributed by atoms with Crippen LogP contribution in [0.1, 0.15) is 90.9 Å². The summed E-state index contributed by atoms with van der Waals surface area (Å²) < 4.78 is 22.0. The highest BCUT2D eigenvalue weighted by atomic mass is 16.5. The number of hydrogen-bond donors (Lipinski definition) is 0. The molecule has 0 amide bonds. The van der Waals surface area contributed by atoms with Crippen LogP contribution >= 0.6 is 0 Å². The van der Waals surface area contributed by atoms with Gasteiger partial charge in [-0.2, -0.15) is 10.2 Å². The Bertz CT molecular complexity index is 1480. The largest absolute Gasteiger partial charge is 0.494 e. The third kappa shape index (κ3) is 16.6. The highest BCUT2D eigenvalue weighted by Crippen LogP contribution is 2.27. The molecule has 0 radical (unpaired) electrons. The molecule has 268 valence electrons. The van der Waals surface area contributed by atoms with Crippen LogP contribution in [-0.4, -0.2) is 38.4 Å². The minimum absolute atomic E-state index is 0.304. The zero-order valence-electron chi connectivity index (χ0n) is 30.0. The van der Waals surface area contributed by atoms with Gasteiger partial charge in [0.15, 0.2) is 0 Å². The lowest BCUT2D eigenvalue weighted by Crippen LogP contribution is -2.06. The van der Waals surface area contributed by atoms with Crippen LogP contribution < -0.4 is 9.47 Å². The molecule has 0 atom stereocenters. The summed E-state index contributed by atoms with van der Waals surface area (Å²) in [6.07, 6.45) is 12.7. The number of azo groups is 1. The van der Waals surface area contributed by atoms with E-state index in [0.717, 1.165) is 111 Å². The van der Waals surface area contributed by atoms with E-state index in [9.17, 15) is 9.59 Å². The summed E-state index contributed by atoms with van der Waals surface area (Å²) in [5, 5.41) is 8.77. The van der Waals surface area contributed by atoms with Crippen LogP contribution in [0, 0.1) is 0 Å². The first-order valence-corrected chi connectivity index (χ1v) is 17.9. The Kier molecular flexibility index (Phi) is 18.7. The fraction of sp³-hybridized carbons (Fsp3) is 0.429. The standard InChI is InChI=1S/C42H54N2O6/c1-33(2)41(45)49-31-15-11-7-5-9-13-29-47-39-25-19-36(20-26-39)35-17-21-37(22-18-35)43-44-38-23-27-40(28-24-38)48-30-14-10-6-8-12-16-32-50-42(46)34(3)4/h17-28H,1,3,5-16,29-32H2,2,4H3. The summed E-state index contributed by atoms with van der Waals surface area (Å²) in [7, 11) is 0. The second kappa shape index (κ2) is 23.6. The van der Waals surface area contributed by atoms with Crippen molar-refractivity contribution in [3.8, 4) is 22.6 Å². The molecule has 3 aromatic rings. The average Bonchev–Trinajstić information content (AvgIpc) is 3.13. The van der Waals surface area contributed by atoms with E-state index in [2.05, 4.69) is 35.5 Å². The van der Waals surface area contributed by atoms with Gasteiger partial charge in [-0.25, -0.2) is 9.59 Å². The Morgan fingerprint density at radius 3 is 1.14 bits per heavy atom. The fourth-order valence-corrected chi connectivity index (χ4v) is 4.97. The van der Waals surface area contributed by atoms with Crippen molar-refractivity contribution in [3.05, 3.63) is 97.1 Å². The predicted octanol–water partition coefficient (Wildman–Crippen LogP) is 11.4. The van der Waals surface area contributed by atoms with Crippen LogP contribution in [0.5, 0.6) is 11.5 Å². The van der Waals surface area contributed by atoms with Gasteiger partial charge >= 0.3 is 11.9 Å². The molecule has 0 aromatic heterocycles. The van der Waals surface area contributed by atoms with Crippen molar-refractivity contribution in [1.82, 2.24) is 0 Å². The lowest BCUT2D eigenvalue weighted by Gasteiger charge is -2.08. The Hall–Kier alpha value is -4.72. The first-order valence-electron chi connectivity index (χ1n) is 17.9. The van der Waals surface area contributed by atoms with E-state index in [1.807, 2.05) is 60.7 Å². The van der Waals surface area contributed by atoms with Crippen molar-refractivity contribution >= 4 is 23.3 Å². The van der Waals surface area contributed by atoms with Crippen LogP contribution in [0.15, 0.2) is 107 Å². The molecule has 3 aromatic carbocycles. The second-order valence-corrected chi connectivity index (χ2v) is 12.5. The number of carbonyl (C=O) groups is 2. The summed E-state index contributed by atoms with van der Waals surface area (Å²) in [5.74, 6) is 1.09. The van der Waals surface area contributed by atoms with E-state index in [-0.39, 0.29) is 11.9 Å². The zero-order chi connectivity index (χ0) is 35.8. The molecule has 0 saturated carbocycles. The molecule has 0 heterocycles. The molecule has 0 N–H and O–H groups in total. The van der Waals surface area contributed by atoms with Gasteiger partial charge in [-0.1, -0.05) is 88.8 Å². The summed E-state index contributed by atoms with van der Waals surface area (Å²) >= 11 is 0. The lowest BCUT2D eigenvalue weighted by molar-refractivity contribution is -0.139. The smallest absolute Gasteiger partial charge is 0.333 e. The topological polar surface area (TPSA) is 95.8 Å². The monoisotopic (exact) mass is 682 g/mol. The lowest BCUT2D eigenvalue weighted by atomic mass is 10.1. The van der Waals surface area contributed by atoms with E-state index in [4.69, 9.17) is 18.9 Å². The molecule has 0 aliphatic rings. The SMILES string of the molecule is C=C(C)C(=O)OCCCCCCCCOc1ccc(N=Nc2ccc(-c3ccc(OCCCCCCCCOC(=O)C(=C)C)cc3)cc2)cc1. The van der Waals surface area contributed by atoms with E-state index in [0.29, 0.717) is 37.6 Å². The molecule has 0 aliphatic carbocycles. The number of benzene rings is 3. The van der Waals surface area contributed by atoms with Crippen LogP contribution in [0.2, 0.25) is 0 Å². The third-order valence-electron chi connectivity index (χ3n) is 7.95. The number of rotatable bonds is 25. The summed E-state index contributed by atoms with van der Waals surface area (Å²) in [6.45, 7) is 12.8. The molecule has 0 spiro atoms. The Morgan fingerprint density at radius 1 is 0.460 bits per heavy atom. The van der Waals surface area contributed by atoms with Gasteiger partial charge in [-0.3, -0.25) is 0 Å². The molecular formula is C42H54N2O6. The van der Waals surface area contributed by atoms with Gasteiger partial charge in [-0.05, 0) is 99.2 Å². The van der Waals surface area contributed by atoms with Gasteiger partial charge in [0.25, 0.3) is 0 Å². The minimum atomic E-state index is -0.306. The van der Waals surface area contributed by atoms with Crippen LogP contribution in [-0.2, 0) is 19.1 Å². The summed E-state index contributed by atoms with van der Waals surface area (Å²) in [5.41, 5.74) is 4.67. The molecule has 0 fully saturated rings. The van der Waals surface area contributed by atoms with Crippen molar-refractivity contribution in [1.29, 1.82) is 0 Å². The van der Waals surface area contributed by atoms with Crippen molar-refractivity contribution < 1.29 is 28.5 Å². The number of nitrogens with zero attached hydrogens (tertiary/aromatic N) is 2. The van der Waals surface area contributed by atoms with Crippen molar-refractivity contribution in [2.45, 2.75) is 90.9 Å². The highest BCUT2D eigenvalue weighted by Gasteiger charge is 2.04. The number of carbonyl (C=O) groups excluding carboxylic acids is 2. The van der Waals surface area contributed by atoms with E-state index < -0.39 is 0 Å². The van der Waals surface area contributed by atoms with Gasteiger partial charge in [0.1, 0.15) is 11.5 Å². The van der Waals surface area contributed by atoms with E-state index in [1.165, 1.54) is 0 Å².